The Balaban J connectivity index is 1.60. The predicted molar refractivity (Wildman–Crippen MR) is 115 cm³/mol. The van der Waals surface area contributed by atoms with Crippen LogP contribution in [0.15, 0.2) is 54.6 Å². The average Bonchev–Trinajstić information content (AvgIpc) is 2.74. The van der Waals surface area contributed by atoms with Crippen LogP contribution >= 0.6 is 11.6 Å². The maximum Gasteiger partial charge on any atom is 0.275 e. The van der Waals surface area contributed by atoms with Gasteiger partial charge in [-0.1, -0.05) is 60.1 Å². The number of quaternary nitrogens is 2. The second-order valence-electron chi connectivity index (χ2n) is 7.77. The molecule has 4 N–H and O–H groups in total. The molecular formula is C23H32ClN3O2+2. The van der Waals surface area contributed by atoms with Crippen LogP contribution in [0.2, 0.25) is 5.02 Å². The van der Waals surface area contributed by atoms with Crippen molar-refractivity contribution in [3.05, 3.63) is 70.7 Å². The first-order valence-electron chi connectivity index (χ1n) is 10.4. The van der Waals surface area contributed by atoms with Crippen LogP contribution in [0, 0.1) is 0 Å². The first-order valence-corrected chi connectivity index (χ1v) is 10.8. The topological polar surface area (TPSA) is 59.4 Å². The standard InChI is InChI=1S/C23H30ClN3O2/c1-17(20-10-6-7-11-21(20)24)25-16-22(28)26-18(2)23(19-8-4-3-5-9-19)27-12-14-29-15-13-27/h3-11,17-18,23,25H,12-16H2,1-2H3,(H,26,28)/p+2/t17-,18+,23+/m1/s1. The van der Waals surface area contributed by atoms with Crippen molar-refractivity contribution >= 4 is 17.5 Å². The van der Waals surface area contributed by atoms with Crippen LogP contribution in [0.4, 0.5) is 0 Å². The Labute approximate surface area is 178 Å². The van der Waals surface area contributed by atoms with Crippen LogP contribution in [0.1, 0.15) is 37.1 Å². The highest BCUT2D eigenvalue weighted by Crippen LogP contribution is 2.19. The number of nitrogens with one attached hydrogen (secondary N) is 2. The summed E-state index contributed by atoms with van der Waals surface area (Å²) in [6, 6.07) is 18.6. The maximum absolute atomic E-state index is 12.7. The van der Waals surface area contributed by atoms with E-state index in [1.807, 2.05) is 35.6 Å². The van der Waals surface area contributed by atoms with Crippen molar-refractivity contribution in [3.8, 4) is 0 Å². The van der Waals surface area contributed by atoms with Gasteiger partial charge in [-0.3, -0.25) is 4.79 Å². The van der Waals surface area contributed by atoms with E-state index in [1.165, 1.54) is 10.5 Å². The lowest BCUT2D eigenvalue weighted by molar-refractivity contribution is -0.940. The lowest BCUT2D eigenvalue weighted by Crippen LogP contribution is -3.15. The number of halogens is 1. The monoisotopic (exact) mass is 417 g/mol. The maximum atomic E-state index is 12.7. The van der Waals surface area contributed by atoms with Gasteiger partial charge < -0.3 is 20.3 Å². The Morgan fingerprint density at radius 2 is 1.76 bits per heavy atom. The first-order chi connectivity index (χ1) is 14.1. The molecule has 5 nitrogen and oxygen atoms in total. The summed E-state index contributed by atoms with van der Waals surface area (Å²) < 4.78 is 5.54. The van der Waals surface area contributed by atoms with Crippen LogP contribution in [0.3, 0.4) is 0 Å². The second-order valence-corrected chi connectivity index (χ2v) is 8.17. The van der Waals surface area contributed by atoms with E-state index in [0.717, 1.165) is 36.9 Å². The Morgan fingerprint density at radius 1 is 1.10 bits per heavy atom. The van der Waals surface area contributed by atoms with E-state index in [2.05, 4.69) is 43.4 Å². The molecule has 1 heterocycles. The number of hydrogen-bond donors (Lipinski definition) is 3. The summed E-state index contributed by atoms with van der Waals surface area (Å²) in [6.07, 6.45) is 0. The van der Waals surface area contributed by atoms with E-state index >= 15 is 0 Å². The molecule has 0 unspecified atom stereocenters. The highest BCUT2D eigenvalue weighted by atomic mass is 35.5. The van der Waals surface area contributed by atoms with Gasteiger partial charge in [-0.05, 0) is 19.9 Å². The highest BCUT2D eigenvalue weighted by Gasteiger charge is 2.32. The minimum atomic E-state index is 0.0296. The van der Waals surface area contributed by atoms with Crippen LogP contribution in [0.25, 0.3) is 0 Å². The van der Waals surface area contributed by atoms with E-state index in [-0.39, 0.29) is 24.0 Å². The number of carbonyl (C=O) groups excluding carboxylic acids is 1. The van der Waals surface area contributed by atoms with Gasteiger partial charge in [0.05, 0.1) is 19.3 Å². The molecule has 2 aromatic rings. The van der Waals surface area contributed by atoms with Crippen LogP contribution in [0.5, 0.6) is 0 Å². The van der Waals surface area contributed by atoms with Crippen LogP contribution in [-0.4, -0.2) is 44.8 Å². The van der Waals surface area contributed by atoms with Crippen molar-refractivity contribution in [1.29, 1.82) is 0 Å². The van der Waals surface area contributed by atoms with Crippen LogP contribution in [-0.2, 0) is 9.53 Å². The van der Waals surface area contributed by atoms with Gasteiger partial charge in [0.15, 0.2) is 6.54 Å². The SMILES string of the molecule is C[C@H](NC(=O)C[NH2+][C@H](C)c1ccccc1Cl)[C@@H](c1ccccc1)[NH+]1CCOCC1. The first kappa shape index (κ1) is 21.8. The van der Waals surface area contributed by atoms with E-state index in [0.29, 0.717) is 6.54 Å². The number of benzene rings is 2. The summed E-state index contributed by atoms with van der Waals surface area (Å²) in [6.45, 7) is 7.99. The van der Waals surface area contributed by atoms with E-state index in [9.17, 15) is 4.79 Å². The Bertz CT molecular complexity index is 781. The molecule has 3 rings (SSSR count). The normalized spacial score (nSPS) is 18.0. The fourth-order valence-electron chi connectivity index (χ4n) is 4.13. The van der Waals surface area contributed by atoms with Gasteiger partial charge in [0.1, 0.15) is 25.2 Å². The number of morpholine rings is 1. The molecule has 0 aliphatic carbocycles. The zero-order chi connectivity index (χ0) is 20.6. The number of hydrogen-bond acceptors (Lipinski definition) is 2. The molecule has 2 aromatic carbocycles. The van der Waals surface area contributed by atoms with Gasteiger partial charge in [0.2, 0.25) is 0 Å². The zero-order valence-corrected chi connectivity index (χ0v) is 18.0. The van der Waals surface area contributed by atoms with E-state index in [4.69, 9.17) is 16.3 Å². The predicted octanol–water partition coefficient (Wildman–Crippen LogP) is 1.13. The van der Waals surface area contributed by atoms with Gasteiger partial charge in [-0.15, -0.1) is 0 Å². The van der Waals surface area contributed by atoms with Gasteiger partial charge in [0.25, 0.3) is 5.91 Å². The molecule has 6 heteroatoms. The Morgan fingerprint density at radius 3 is 2.45 bits per heavy atom. The van der Waals surface area contributed by atoms with Crippen molar-refractivity contribution in [2.75, 3.05) is 32.8 Å². The second kappa shape index (κ2) is 10.7. The lowest BCUT2D eigenvalue weighted by Gasteiger charge is -2.35. The number of rotatable bonds is 8. The minimum Gasteiger partial charge on any atom is -0.370 e. The molecule has 0 aromatic heterocycles. The number of ether oxygens (including phenoxy) is 1. The fourth-order valence-corrected chi connectivity index (χ4v) is 4.44. The van der Waals surface area contributed by atoms with Gasteiger partial charge in [-0.2, -0.15) is 0 Å². The van der Waals surface area contributed by atoms with Crippen molar-refractivity contribution < 1.29 is 19.7 Å². The third-order valence-electron chi connectivity index (χ3n) is 5.67. The number of carbonyl (C=O) groups is 1. The van der Waals surface area contributed by atoms with Crippen LogP contribution < -0.4 is 15.5 Å². The van der Waals surface area contributed by atoms with E-state index in [1.54, 1.807) is 0 Å². The van der Waals surface area contributed by atoms with Gasteiger partial charge in [-0.25, -0.2) is 0 Å². The average molecular weight is 418 g/mol. The number of nitrogens with two attached hydrogens (primary N) is 1. The molecule has 0 bridgehead atoms. The summed E-state index contributed by atoms with van der Waals surface area (Å²) in [5.74, 6) is 0.0463. The summed E-state index contributed by atoms with van der Waals surface area (Å²) in [4.78, 5) is 14.1. The molecule has 1 aliphatic heterocycles. The molecule has 1 amide bonds. The van der Waals surface area contributed by atoms with E-state index < -0.39 is 0 Å². The third kappa shape index (κ3) is 6.03. The molecule has 3 atom stereocenters. The summed E-state index contributed by atoms with van der Waals surface area (Å²) in [5, 5.41) is 6.00. The third-order valence-corrected chi connectivity index (χ3v) is 6.02. The fraction of sp³-hybridized carbons (Fsp3) is 0.435. The molecule has 29 heavy (non-hydrogen) atoms. The van der Waals surface area contributed by atoms with Crippen molar-refractivity contribution in [1.82, 2.24) is 5.32 Å². The summed E-state index contributed by atoms with van der Waals surface area (Å²) in [7, 11) is 0. The Kier molecular flexibility index (Phi) is 8.07. The molecule has 1 fully saturated rings. The molecule has 0 spiro atoms. The Hall–Kier alpha value is -1.92. The van der Waals surface area contributed by atoms with Gasteiger partial charge in [0, 0.05) is 16.1 Å². The molecule has 0 saturated carbocycles. The van der Waals surface area contributed by atoms with Crippen molar-refractivity contribution in [2.45, 2.75) is 32.0 Å². The molecule has 1 saturated heterocycles. The highest BCUT2D eigenvalue weighted by molar-refractivity contribution is 6.31. The number of amides is 1. The smallest absolute Gasteiger partial charge is 0.275 e. The summed E-state index contributed by atoms with van der Waals surface area (Å²) in [5.41, 5.74) is 2.31. The zero-order valence-electron chi connectivity index (χ0n) is 17.2. The largest absolute Gasteiger partial charge is 0.370 e. The molecule has 156 valence electrons. The van der Waals surface area contributed by atoms with Crippen molar-refractivity contribution in [3.63, 3.8) is 0 Å². The minimum absolute atomic E-state index is 0.0296. The van der Waals surface area contributed by atoms with Gasteiger partial charge >= 0.3 is 0 Å². The van der Waals surface area contributed by atoms with Crippen molar-refractivity contribution in [2.24, 2.45) is 0 Å². The molecule has 0 radical (unpaired) electrons. The summed E-state index contributed by atoms with van der Waals surface area (Å²) >= 11 is 6.28. The molecule has 1 aliphatic rings. The lowest BCUT2D eigenvalue weighted by atomic mass is 9.98. The quantitative estimate of drug-likeness (QED) is 0.603. The molecular weight excluding hydrogens is 386 g/mol.